The summed E-state index contributed by atoms with van der Waals surface area (Å²) in [6.07, 6.45) is 1.75. The van der Waals surface area contributed by atoms with Crippen LogP contribution in [0.1, 0.15) is 35.9 Å². The van der Waals surface area contributed by atoms with E-state index in [1.165, 1.54) is 16.0 Å². The van der Waals surface area contributed by atoms with Crippen LogP contribution in [0.2, 0.25) is 0 Å². The van der Waals surface area contributed by atoms with Crippen molar-refractivity contribution in [3.63, 3.8) is 0 Å². The minimum absolute atomic E-state index is 0.00835. The molecule has 0 aliphatic carbocycles. The number of aliphatic hydroxyl groups is 1. The van der Waals surface area contributed by atoms with E-state index in [4.69, 9.17) is 0 Å². The molecule has 0 bridgehead atoms. The highest BCUT2D eigenvalue weighted by molar-refractivity contribution is 7.17. The van der Waals surface area contributed by atoms with Gasteiger partial charge in [0.05, 0.1) is 24.2 Å². The number of hydrogen-bond donors (Lipinski definition) is 1. The molecule has 3 aromatic rings. The molecule has 0 unspecified atom stereocenters. The smallest absolute Gasteiger partial charge is 0.194 e. The number of rotatable bonds is 3. The monoisotopic (exact) mass is 286 g/mol. The van der Waals surface area contributed by atoms with Crippen LogP contribution < -0.4 is 0 Å². The summed E-state index contributed by atoms with van der Waals surface area (Å²) in [6.45, 7) is 6.51. The molecule has 104 valence electrons. The number of thiazole rings is 1. The third kappa shape index (κ3) is 2.05. The summed E-state index contributed by atoms with van der Waals surface area (Å²) in [5, 5.41) is 9.47. The fourth-order valence-electron chi connectivity index (χ4n) is 2.49. The molecule has 0 aliphatic heterocycles. The molecule has 4 heteroatoms. The van der Waals surface area contributed by atoms with Crippen molar-refractivity contribution in [3.05, 3.63) is 46.6 Å². The number of aromatic nitrogens is 2. The van der Waals surface area contributed by atoms with Crippen molar-refractivity contribution in [1.82, 2.24) is 9.38 Å². The van der Waals surface area contributed by atoms with E-state index in [1.54, 1.807) is 17.5 Å². The number of hydrogen-bond acceptors (Lipinski definition) is 3. The van der Waals surface area contributed by atoms with E-state index >= 15 is 0 Å². The molecular weight excluding hydrogens is 268 g/mol. The first-order valence-corrected chi connectivity index (χ1v) is 7.60. The van der Waals surface area contributed by atoms with E-state index in [9.17, 15) is 5.11 Å². The number of imidazole rings is 1. The molecule has 1 N–H and O–H groups in total. The third-order valence-electron chi connectivity index (χ3n) is 3.62. The summed E-state index contributed by atoms with van der Waals surface area (Å²) in [7, 11) is 0. The Bertz CT molecular complexity index is 738. The molecule has 0 fully saturated rings. The Hall–Kier alpha value is -1.65. The fourth-order valence-corrected chi connectivity index (χ4v) is 3.48. The van der Waals surface area contributed by atoms with Gasteiger partial charge in [-0.25, -0.2) is 4.98 Å². The van der Waals surface area contributed by atoms with E-state index < -0.39 is 0 Å². The molecule has 0 spiro atoms. The minimum atomic E-state index is 0.00835. The van der Waals surface area contributed by atoms with Gasteiger partial charge in [-0.05, 0) is 24.0 Å². The van der Waals surface area contributed by atoms with E-state index in [1.807, 2.05) is 0 Å². The Morgan fingerprint density at radius 3 is 2.55 bits per heavy atom. The Balaban J connectivity index is 2.17. The highest BCUT2D eigenvalue weighted by Gasteiger charge is 2.15. The predicted octanol–water partition coefficient (Wildman–Crippen LogP) is 3.99. The molecule has 0 saturated carbocycles. The summed E-state index contributed by atoms with van der Waals surface area (Å²) in [5.41, 5.74) is 4.49. The SMILES string of the molecule is Cc1sc2ncc(CO)n2c1-c1ccc(C(C)C)cc1. The zero-order valence-electron chi connectivity index (χ0n) is 11.9. The number of nitrogens with zero attached hydrogens (tertiary/aromatic N) is 2. The largest absolute Gasteiger partial charge is 0.390 e. The first-order valence-electron chi connectivity index (χ1n) is 6.78. The van der Waals surface area contributed by atoms with Crippen LogP contribution in [0.15, 0.2) is 30.5 Å². The van der Waals surface area contributed by atoms with Crippen molar-refractivity contribution >= 4 is 16.3 Å². The fraction of sp³-hybridized carbons (Fsp3) is 0.312. The number of aliphatic hydroxyl groups excluding tert-OH is 1. The van der Waals surface area contributed by atoms with Gasteiger partial charge in [-0.2, -0.15) is 0 Å². The maximum Gasteiger partial charge on any atom is 0.194 e. The molecule has 2 heterocycles. The van der Waals surface area contributed by atoms with Gasteiger partial charge < -0.3 is 5.11 Å². The normalized spacial score (nSPS) is 11.7. The second-order valence-electron chi connectivity index (χ2n) is 5.31. The standard InChI is InChI=1S/C16H18N2OS/c1-10(2)12-4-6-13(7-5-12)15-11(3)20-16-17-8-14(9-19)18(15)16/h4-8,10,19H,9H2,1-3H3. The Morgan fingerprint density at radius 2 is 1.95 bits per heavy atom. The van der Waals surface area contributed by atoms with Gasteiger partial charge in [0.15, 0.2) is 4.96 Å². The van der Waals surface area contributed by atoms with Crippen molar-refractivity contribution < 1.29 is 5.11 Å². The zero-order valence-corrected chi connectivity index (χ0v) is 12.7. The number of benzene rings is 1. The van der Waals surface area contributed by atoms with Crippen LogP contribution in [-0.2, 0) is 6.61 Å². The van der Waals surface area contributed by atoms with Gasteiger partial charge >= 0.3 is 0 Å². The molecule has 0 aliphatic rings. The average molecular weight is 286 g/mol. The van der Waals surface area contributed by atoms with Crippen molar-refractivity contribution in [2.45, 2.75) is 33.3 Å². The highest BCUT2D eigenvalue weighted by atomic mass is 32.1. The zero-order chi connectivity index (χ0) is 14.3. The van der Waals surface area contributed by atoms with E-state index in [0.717, 1.165) is 16.3 Å². The third-order valence-corrected chi connectivity index (χ3v) is 4.59. The van der Waals surface area contributed by atoms with Gasteiger partial charge in [-0.15, -0.1) is 11.3 Å². The lowest BCUT2D eigenvalue weighted by atomic mass is 10.0. The second-order valence-corrected chi connectivity index (χ2v) is 6.49. The second kappa shape index (κ2) is 5.04. The van der Waals surface area contributed by atoms with Crippen LogP contribution >= 0.6 is 11.3 Å². The first kappa shape index (κ1) is 13.3. The van der Waals surface area contributed by atoms with Crippen LogP contribution in [0.25, 0.3) is 16.2 Å². The molecule has 0 radical (unpaired) electrons. The van der Waals surface area contributed by atoms with Crippen LogP contribution in [0.4, 0.5) is 0 Å². The summed E-state index contributed by atoms with van der Waals surface area (Å²) in [6, 6.07) is 8.67. The van der Waals surface area contributed by atoms with E-state index in [-0.39, 0.29) is 6.61 Å². The Kier molecular flexibility index (Phi) is 3.36. The molecule has 0 amide bonds. The van der Waals surface area contributed by atoms with Gasteiger partial charge in [0.2, 0.25) is 0 Å². The van der Waals surface area contributed by atoms with Gasteiger partial charge in [0.25, 0.3) is 0 Å². The quantitative estimate of drug-likeness (QED) is 0.790. The molecule has 0 atom stereocenters. The molecule has 20 heavy (non-hydrogen) atoms. The topological polar surface area (TPSA) is 37.5 Å². The molecular formula is C16H18N2OS. The maximum atomic E-state index is 9.47. The number of fused-ring (bicyclic) bond motifs is 1. The summed E-state index contributed by atoms with van der Waals surface area (Å²) in [4.78, 5) is 6.53. The van der Waals surface area contributed by atoms with Crippen LogP contribution in [-0.4, -0.2) is 14.5 Å². The van der Waals surface area contributed by atoms with Crippen LogP contribution in [0, 0.1) is 6.92 Å². The predicted molar refractivity (Wildman–Crippen MR) is 83.3 cm³/mol. The van der Waals surface area contributed by atoms with Crippen molar-refractivity contribution in [2.75, 3.05) is 0 Å². The molecule has 0 saturated heterocycles. The lowest BCUT2D eigenvalue weighted by Gasteiger charge is -2.08. The minimum Gasteiger partial charge on any atom is -0.390 e. The molecule has 1 aromatic carbocycles. The maximum absolute atomic E-state index is 9.47. The van der Waals surface area contributed by atoms with Crippen LogP contribution in [0.3, 0.4) is 0 Å². The molecule has 3 nitrogen and oxygen atoms in total. The summed E-state index contributed by atoms with van der Waals surface area (Å²) < 4.78 is 2.06. The lowest BCUT2D eigenvalue weighted by Crippen LogP contribution is -1.95. The summed E-state index contributed by atoms with van der Waals surface area (Å²) >= 11 is 1.66. The van der Waals surface area contributed by atoms with E-state index in [0.29, 0.717) is 5.92 Å². The Labute approximate surface area is 122 Å². The lowest BCUT2D eigenvalue weighted by molar-refractivity contribution is 0.276. The number of aryl methyl sites for hydroxylation is 1. The summed E-state index contributed by atoms with van der Waals surface area (Å²) in [5.74, 6) is 0.536. The first-order chi connectivity index (χ1) is 9.61. The van der Waals surface area contributed by atoms with Gasteiger partial charge in [0, 0.05) is 4.88 Å². The average Bonchev–Trinajstić information content (AvgIpc) is 2.96. The van der Waals surface area contributed by atoms with Gasteiger partial charge in [-0.3, -0.25) is 4.40 Å². The van der Waals surface area contributed by atoms with Crippen molar-refractivity contribution in [1.29, 1.82) is 0 Å². The van der Waals surface area contributed by atoms with Gasteiger partial charge in [-0.1, -0.05) is 38.1 Å². The molecule has 2 aromatic heterocycles. The molecule has 3 rings (SSSR count). The van der Waals surface area contributed by atoms with Crippen molar-refractivity contribution in [3.8, 4) is 11.3 Å². The van der Waals surface area contributed by atoms with Crippen LogP contribution in [0.5, 0.6) is 0 Å². The van der Waals surface area contributed by atoms with E-state index in [2.05, 4.69) is 54.4 Å². The highest BCUT2D eigenvalue weighted by Crippen LogP contribution is 2.32. The van der Waals surface area contributed by atoms with Gasteiger partial charge in [0.1, 0.15) is 0 Å². The Morgan fingerprint density at radius 1 is 1.25 bits per heavy atom. The van der Waals surface area contributed by atoms with Crippen molar-refractivity contribution in [2.24, 2.45) is 0 Å².